The first-order chi connectivity index (χ1) is 14.5. The van der Waals surface area contributed by atoms with Gasteiger partial charge < -0.3 is 15.5 Å². The Balaban J connectivity index is 1.26. The van der Waals surface area contributed by atoms with Crippen LogP contribution in [0.5, 0.6) is 0 Å². The quantitative estimate of drug-likeness (QED) is 0.263. The van der Waals surface area contributed by atoms with Crippen molar-refractivity contribution in [2.75, 3.05) is 59.4 Å². The van der Waals surface area contributed by atoms with Crippen molar-refractivity contribution in [1.29, 1.82) is 0 Å². The SMILES string of the molecule is CCNC(=NCC(C)N1CCN(C)CC1)NCCN1C(=O)C2C3C=CC(C3)C2C1=O. The van der Waals surface area contributed by atoms with Crippen LogP contribution < -0.4 is 10.6 Å². The van der Waals surface area contributed by atoms with Crippen molar-refractivity contribution >= 4 is 17.8 Å². The lowest BCUT2D eigenvalue weighted by atomic mass is 9.85. The highest BCUT2D eigenvalue weighted by atomic mass is 16.2. The molecule has 2 aliphatic heterocycles. The first-order valence-corrected chi connectivity index (χ1v) is 11.5. The van der Waals surface area contributed by atoms with Crippen molar-refractivity contribution in [2.24, 2.45) is 28.7 Å². The molecule has 0 radical (unpaired) electrons. The van der Waals surface area contributed by atoms with Gasteiger partial charge in [-0.15, -0.1) is 0 Å². The smallest absolute Gasteiger partial charge is 0.233 e. The summed E-state index contributed by atoms with van der Waals surface area (Å²) in [7, 11) is 2.16. The van der Waals surface area contributed by atoms with Crippen molar-refractivity contribution in [2.45, 2.75) is 26.3 Å². The van der Waals surface area contributed by atoms with Gasteiger partial charge in [0.05, 0.1) is 18.4 Å². The highest BCUT2D eigenvalue weighted by molar-refractivity contribution is 6.06. The van der Waals surface area contributed by atoms with Crippen molar-refractivity contribution < 1.29 is 9.59 Å². The van der Waals surface area contributed by atoms with Crippen LogP contribution in [-0.2, 0) is 9.59 Å². The van der Waals surface area contributed by atoms with E-state index in [0.29, 0.717) is 19.1 Å². The minimum Gasteiger partial charge on any atom is -0.357 e. The van der Waals surface area contributed by atoms with E-state index in [9.17, 15) is 9.59 Å². The van der Waals surface area contributed by atoms with Gasteiger partial charge in [-0.3, -0.25) is 24.4 Å². The van der Waals surface area contributed by atoms with Crippen molar-refractivity contribution in [3.05, 3.63) is 12.2 Å². The van der Waals surface area contributed by atoms with E-state index < -0.39 is 0 Å². The number of fused-ring (bicyclic) bond motifs is 5. The normalized spacial score (nSPS) is 32.8. The van der Waals surface area contributed by atoms with E-state index in [1.54, 1.807) is 0 Å². The van der Waals surface area contributed by atoms with E-state index >= 15 is 0 Å². The van der Waals surface area contributed by atoms with E-state index in [-0.39, 0.29) is 35.5 Å². The van der Waals surface area contributed by atoms with Gasteiger partial charge in [0.2, 0.25) is 11.8 Å². The molecule has 3 fully saturated rings. The molecule has 166 valence electrons. The molecule has 4 aliphatic rings. The number of likely N-dealkylation sites (N-methyl/N-ethyl adjacent to an activating group) is 1. The molecule has 2 bridgehead atoms. The van der Waals surface area contributed by atoms with E-state index in [1.165, 1.54) is 4.90 Å². The molecule has 2 heterocycles. The Morgan fingerprint density at radius 1 is 1.10 bits per heavy atom. The van der Waals surface area contributed by atoms with Gasteiger partial charge in [-0.2, -0.15) is 0 Å². The Kier molecular flexibility index (Phi) is 6.43. The summed E-state index contributed by atoms with van der Waals surface area (Å²) in [6.45, 7) is 11.0. The van der Waals surface area contributed by atoms with Gasteiger partial charge in [-0.25, -0.2) is 0 Å². The summed E-state index contributed by atoms with van der Waals surface area (Å²) in [5.41, 5.74) is 0. The van der Waals surface area contributed by atoms with Crippen LogP contribution in [0.4, 0.5) is 0 Å². The van der Waals surface area contributed by atoms with Gasteiger partial charge >= 0.3 is 0 Å². The molecule has 2 saturated heterocycles. The number of likely N-dealkylation sites (tertiary alicyclic amines) is 1. The molecule has 2 amide bonds. The minimum atomic E-state index is -0.112. The second kappa shape index (κ2) is 9.06. The number of carbonyl (C=O) groups is 2. The lowest BCUT2D eigenvalue weighted by Gasteiger charge is -2.35. The molecular weight excluding hydrogens is 380 g/mol. The largest absolute Gasteiger partial charge is 0.357 e. The highest BCUT2D eigenvalue weighted by Crippen LogP contribution is 2.52. The molecule has 4 rings (SSSR count). The van der Waals surface area contributed by atoms with Gasteiger partial charge in [0.15, 0.2) is 5.96 Å². The number of guanidine groups is 1. The van der Waals surface area contributed by atoms with Crippen molar-refractivity contribution in [3.8, 4) is 0 Å². The third-order valence-corrected chi connectivity index (χ3v) is 7.21. The fourth-order valence-corrected chi connectivity index (χ4v) is 5.41. The molecule has 0 aromatic heterocycles. The number of piperazine rings is 1. The zero-order valence-electron chi connectivity index (χ0n) is 18.5. The van der Waals surface area contributed by atoms with Crippen LogP contribution in [0.3, 0.4) is 0 Å². The van der Waals surface area contributed by atoms with E-state index in [2.05, 4.69) is 46.6 Å². The molecule has 2 aliphatic carbocycles. The van der Waals surface area contributed by atoms with Crippen LogP contribution in [0.2, 0.25) is 0 Å². The number of carbonyl (C=O) groups excluding carboxylic acids is 2. The van der Waals surface area contributed by atoms with Crippen LogP contribution in [0.15, 0.2) is 17.1 Å². The predicted molar refractivity (Wildman–Crippen MR) is 117 cm³/mol. The van der Waals surface area contributed by atoms with Crippen LogP contribution >= 0.6 is 0 Å². The molecule has 8 heteroatoms. The number of allylic oxidation sites excluding steroid dienone is 2. The first-order valence-electron chi connectivity index (χ1n) is 11.5. The van der Waals surface area contributed by atoms with Gasteiger partial charge in [-0.1, -0.05) is 12.2 Å². The Morgan fingerprint density at radius 3 is 2.33 bits per heavy atom. The summed E-state index contributed by atoms with van der Waals surface area (Å²) in [6, 6.07) is 0.387. The second-order valence-corrected chi connectivity index (χ2v) is 9.16. The first kappa shape index (κ1) is 21.3. The van der Waals surface area contributed by atoms with Crippen molar-refractivity contribution in [3.63, 3.8) is 0 Å². The second-order valence-electron chi connectivity index (χ2n) is 9.16. The van der Waals surface area contributed by atoms with Crippen LogP contribution in [-0.4, -0.2) is 97.9 Å². The van der Waals surface area contributed by atoms with Crippen LogP contribution in [0, 0.1) is 23.7 Å². The van der Waals surface area contributed by atoms with Crippen molar-refractivity contribution in [1.82, 2.24) is 25.3 Å². The Labute approximate surface area is 179 Å². The summed E-state index contributed by atoms with van der Waals surface area (Å²) in [6.07, 6.45) is 5.24. The Morgan fingerprint density at radius 2 is 1.73 bits per heavy atom. The molecule has 1 saturated carbocycles. The van der Waals surface area contributed by atoms with E-state index in [1.807, 2.05) is 6.92 Å². The predicted octanol–water partition coefficient (Wildman–Crippen LogP) is -0.0155. The molecule has 8 nitrogen and oxygen atoms in total. The third-order valence-electron chi connectivity index (χ3n) is 7.21. The average Bonchev–Trinajstić information content (AvgIpc) is 3.42. The molecular formula is C22H36N6O2. The maximum atomic E-state index is 12.8. The fourth-order valence-electron chi connectivity index (χ4n) is 5.41. The number of nitrogens with zero attached hydrogens (tertiary/aromatic N) is 4. The number of imide groups is 1. The molecule has 0 spiro atoms. The van der Waals surface area contributed by atoms with Gasteiger partial charge in [0, 0.05) is 51.9 Å². The maximum absolute atomic E-state index is 12.8. The van der Waals surface area contributed by atoms with Gasteiger partial charge in [0.25, 0.3) is 0 Å². The summed E-state index contributed by atoms with van der Waals surface area (Å²) in [5.74, 6) is 1.11. The zero-order chi connectivity index (χ0) is 21.3. The number of hydrogen-bond acceptors (Lipinski definition) is 5. The standard InChI is InChI=1S/C22H36N6O2/c1-4-23-22(25-14-15(2)27-11-9-26(3)10-12-27)24-7-8-28-20(29)18-16-5-6-17(13-16)19(18)21(28)30/h5-6,15-19H,4,7-14H2,1-3H3,(H2,23,24,25). The zero-order valence-corrected chi connectivity index (χ0v) is 18.5. The Bertz CT molecular complexity index is 684. The van der Waals surface area contributed by atoms with Crippen LogP contribution in [0.25, 0.3) is 0 Å². The highest BCUT2D eigenvalue weighted by Gasteiger charge is 2.58. The maximum Gasteiger partial charge on any atom is 0.233 e. The molecule has 5 unspecified atom stereocenters. The van der Waals surface area contributed by atoms with E-state index in [4.69, 9.17) is 4.99 Å². The molecule has 5 atom stereocenters. The third kappa shape index (κ3) is 4.12. The number of hydrogen-bond donors (Lipinski definition) is 2. The fraction of sp³-hybridized carbons (Fsp3) is 0.773. The average molecular weight is 417 g/mol. The summed E-state index contributed by atoms with van der Waals surface area (Å²) < 4.78 is 0. The molecule has 0 aromatic carbocycles. The summed E-state index contributed by atoms with van der Waals surface area (Å²) >= 11 is 0. The Hall–Kier alpha value is -1.93. The van der Waals surface area contributed by atoms with Gasteiger partial charge in [-0.05, 0) is 39.2 Å². The topological polar surface area (TPSA) is 80.3 Å². The molecule has 0 aromatic rings. The summed E-state index contributed by atoms with van der Waals surface area (Å²) in [5, 5.41) is 6.58. The number of amides is 2. The monoisotopic (exact) mass is 416 g/mol. The lowest BCUT2D eigenvalue weighted by Crippen LogP contribution is -2.49. The molecule has 2 N–H and O–H groups in total. The molecule has 30 heavy (non-hydrogen) atoms. The lowest BCUT2D eigenvalue weighted by molar-refractivity contribution is -0.140. The number of nitrogens with one attached hydrogen (secondary N) is 2. The number of aliphatic imine (C=N–C) groups is 1. The minimum absolute atomic E-state index is 0.0225. The van der Waals surface area contributed by atoms with Gasteiger partial charge in [0.1, 0.15) is 0 Å². The van der Waals surface area contributed by atoms with E-state index in [0.717, 1.165) is 51.6 Å². The number of rotatable bonds is 7. The van der Waals surface area contributed by atoms with Crippen LogP contribution in [0.1, 0.15) is 20.3 Å². The summed E-state index contributed by atoms with van der Waals surface area (Å²) in [4.78, 5) is 36.6.